The molecule has 10 rings (SSSR count). The highest BCUT2D eigenvalue weighted by Gasteiger charge is 2.21. The minimum Gasteiger partial charge on any atom is -0.456 e. The zero-order valence-electron chi connectivity index (χ0n) is 24.9. The number of rotatable bonds is 3. The van der Waals surface area contributed by atoms with Gasteiger partial charge in [-0.1, -0.05) is 127 Å². The van der Waals surface area contributed by atoms with Crippen LogP contribution in [0.3, 0.4) is 0 Å². The molecule has 214 valence electrons. The highest BCUT2D eigenvalue weighted by molar-refractivity contribution is 6.20. The lowest BCUT2D eigenvalue weighted by molar-refractivity contribution is 0.487. The molecular formula is C44H27NO. The summed E-state index contributed by atoms with van der Waals surface area (Å²) in [5.41, 5.74) is 10.8. The molecule has 2 nitrogen and oxygen atoms in total. The maximum absolute atomic E-state index is 6.34. The molecule has 0 fully saturated rings. The molecule has 0 aliphatic carbocycles. The van der Waals surface area contributed by atoms with Gasteiger partial charge in [0.2, 0.25) is 0 Å². The first-order valence-corrected chi connectivity index (χ1v) is 15.8. The summed E-state index contributed by atoms with van der Waals surface area (Å²) in [6.07, 6.45) is 0. The molecule has 8 aromatic carbocycles. The summed E-state index contributed by atoms with van der Waals surface area (Å²) in [7, 11) is 0. The van der Waals surface area contributed by atoms with Crippen LogP contribution in [-0.4, -0.2) is 4.57 Å². The Bertz CT molecular complexity index is 2640. The second-order valence-electron chi connectivity index (χ2n) is 12.1. The van der Waals surface area contributed by atoms with Gasteiger partial charge in [-0.2, -0.15) is 0 Å². The van der Waals surface area contributed by atoms with Crippen molar-refractivity contribution >= 4 is 43.4 Å². The molecule has 0 spiro atoms. The zero-order chi connectivity index (χ0) is 30.2. The number of fused-ring (bicyclic) bond motifs is 7. The molecule has 0 saturated carbocycles. The average Bonchev–Trinajstić information content (AvgIpc) is 3.47. The van der Waals surface area contributed by atoms with Gasteiger partial charge >= 0.3 is 0 Å². The molecule has 0 radical (unpaired) electrons. The van der Waals surface area contributed by atoms with E-state index < -0.39 is 0 Å². The first-order chi connectivity index (χ1) is 22.8. The monoisotopic (exact) mass is 585 g/mol. The van der Waals surface area contributed by atoms with E-state index in [4.69, 9.17) is 4.74 Å². The van der Waals surface area contributed by atoms with Crippen LogP contribution in [0.1, 0.15) is 0 Å². The molecule has 2 heterocycles. The van der Waals surface area contributed by atoms with Crippen LogP contribution in [0.15, 0.2) is 164 Å². The molecular weight excluding hydrogens is 558 g/mol. The van der Waals surface area contributed by atoms with E-state index in [1.807, 2.05) is 0 Å². The topological polar surface area (TPSA) is 14.2 Å². The number of nitrogens with zero attached hydrogens (tertiary/aromatic N) is 1. The van der Waals surface area contributed by atoms with Crippen LogP contribution in [0.4, 0.5) is 0 Å². The van der Waals surface area contributed by atoms with E-state index in [0.717, 1.165) is 17.1 Å². The number of aromatic nitrogens is 1. The summed E-state index contributed by atoms with van der Waals surface area (Å²) in [5.74, 6) is 1.83. The summed E-state index contributed by atoms with van der Waals surface area (Å²) in [6, 6.07) is 59.0. The quantitative estimate of drug-likeness (QED) is 0.201. The van der Waals surface area contributed by atoms with E-state index in [1.54, 1.807) is 0 Å². The molecule has 0 amide bonds. The smallest absolute Gasteiger partial charge is 0.135 e. The molecule has 0 saturated heterocycles. The second-order valence-corrected chi connectivity index (χ2v) is 12.1. The van der Waals surface area contributed by atoms with Crippen molar-refractivity contribution in [2.45, 2.75) is 0 Å². The number of hydrogen-bond donors (Lipinski definition) is 0. The lowest BCUT2D eigenvalue weighted by Gasteiger charge is -2.22. The van der Waals surface area contributed by atoms with Gasteiger partial charge in [0.1, 0.15) is 11.5 Å². The van der Waals surface area contributed by atoms with Crippen LogP contribution in [0, 0.1) is 0 Å². The molecule has 9 aromatic rings. The first-order valence-electron chi connectivity index (χ1n) is 15.8. The highest BCUT2D eigenvalue weighted by Crippen LogP contribution is 2.47. The first kappa shape index (κ1) is 25.2. The standard InChI is InChI=1S/C44H27NO/c1-2-11-32(12-3-1)45-40-17-5-4-13-35(40)38-25-24-34-33(14-8-16-37(34)44(38)45)29-21-19-28(20-22-29)31-23-26-41-39(27-31)36-15-6-9-30-10-7-18-42(46-41)43(30)36/h1-27H. The fourth-order valence-corrected chi connectivity index (χ4v) is 7.50. The maximum Gasteiger partial charge on any atom is 0.135 e. The van der Waals surface area contributed by atoms with E-state index >= 15 is 0 Å². The Morgan fingerprint density at radius 2 is 1.07 bits per heavy atom. The van der Waals surface area contributed by atoms with Gasteiger partial charge in [-0.15, -0.1) is 0 Å². The Balaban J connectivity index is 1.10. The van der Waals surface area contributed by atoms with Gasteiger partial charge < -0.3 is 9.30 Å². The molecule has 0 atom stereocenters. The number of para-hydroxylation sites is 2. The van der Waals surface area contributed by atoms with Crippen molar-refractivity contribution in [2.75, 3.05) is 0 Å². The molecule has 46 heavy (non-hydrogen) atoms. The molecule has 0 unspecified atom stereocenters. The Morgan fingerprint density at radius 3 is 1.96 bits per heavy atom. The normalized spacial score (nSPS) is 12.1. The summed E-state index contributed by atoms with van der Waals surface area (Å²) in [4.78, 5) is 0. The van der Waals surface area contributed by atoms with Gasteiger partial charge in [0.15, 0.2) is 0 Å². The SMILES string of the molecule is c1ccc(-n2c3ccccc3c3ccc4c(-c5ccc(-c6ccc7c(c6)-c6cccc8cccc(c68)O7)cc5)cccc4c32)cc1. The van der Waals surface area contributed by atoms with Gasteiger partial charge in [-0.05, 0) is 75.0 Å². The Hall–Kier alpha value is -6.12. The van der Waals surface area contributed by atoms with Crippen LogP contribution >= 0.6 is 0 Å². The van der Waals surface area contributed by atoms with E-state index in [-0.39, 0.29) is 0 Å². The lowest BCUT2D eigenvalue weighted by Crippen LogP contribution is -1.97. The third kappa shape index (κ3) is 3.65. The van der Waals surface area contributed by atoms with Crippen molar-refractivity contribution in [3.8, 4) is 50.6 Å². The average molecular weight is 586 g/mol. The van der Waals surface area contributed by atoms with Gasteiger partial charge in [0.25, 0.3) is 0 Å². The van der Waals surface area contributed by atoms with Crippen molar-refractivity contribution in [1.29, 1.82) is 0 Å². The fourth-order valence-electron chi connectivity index (χ4n) is 7.50. The summed E-state index contributed by atoms with van der Waals surface area (Å²) in [6.45, 7) is 0. The summed E-state index contributed by atoms with van der Waals surface area (Å²) < 4.78 is 8.76. The zero-order valence-corrected chi connectivity index (χ0v) is 24.9. The fraction of sp³-hybridized carbons (Fsp3) is 0. The molecule has 1 aliphatic heterocycles. The van der Waals surface area contributed by atoms with Crippen LogP contribution in [0.2, 0.25) is 0 Å². The Morgan fingerprint density at radius 1 is 0.391 bits per heavy atom. The number of benzene rings is 8. The number of ether oxygens (including phenoxy) is 1. The minimum atomic E-state index is 0.904. The van der Waals surface area contributed by atoms with E-state index in [0.29, 0.717) is 0 Å². The summed E-state index contributed by atoms with van der Waals surface area (Å²) >= 11 is 0. The van der Waals surface area contributed by atoms with E-state index in [9.17, 15) is 0 Å². The van der Waals surface area contributed by atoms with Crippen LogP contribution in [0.5, 0.6) is 11.5 Å². The predicted octanol–water partition coefficient (Wildman–Crippen LogP) is 12.2. The van der Waals surface area contributed by atoms with Gasteiger partial charge in [0.05, 0.1) is 11.0 Å². The maximum atomic E-state index is 6.34. The largest absolute Gasteiger partial charge is 0.456 e. The van der Waals surface area contributed by atoms with Crippen molar-refractivity contribution in [3.63, 3.8) is 0 Å². The van der Waals surface area contributed by atoms with Crippen molar-refractivity contribution in [1.82, 2.24) is 4.57 Å². The molecule has 1 aromatic heterocycles. The third-order valence-corrected chi connectivity index (χ3v) is 9.59. The van der Waals surface area contributed by atoms with E-state index in [2.05, 4.69) is 168 Å². The van der Waals surface area contributed by atoms with Crippen molar-refractivity contribution < 1.29 is 4.74 Å². The lowest BCUT2D eigenvalue weighted by atomic mass is 9.91. The van der Waals surface area contributed by atoms with Crippen LogP contribution in [0.25, 0.3) is 82.4 Å². The van der Waals surface area contributed by atoms with Gasteiger partial charge in [0, 0.05) is 32.8 Å². The van der Waals surface area contributed by atoms with Crippen molar-refractivity contribution in [2.24, 2.45) is 0 Å². The van der Waals surface area contributed by atoms with Gasteiger partial charge in [-0.25, -0.2) is 0 Å². The van der Waals surface area contributed by atoms with E-state index in [1.165, 1.54) is 76.9 Å². The van der Waals surface area contributed by atoms with Crippen molar-refractivity contribution in [3.05, 3.63) is 164 Å². The summed E-state index contributed by atoms with van der Waals surface area (Å²) in [5, 5.41) is 7.43. The number of hydrogen-bond acceptors (Lipinski definition) is 1. The highest BCUT2D eigenvalue weighted by atomic mass is 16.5. The molecule has 0 bridgehead atoms. The van der Waals surface area contributed by atoms with Crippen LogP contribution in [-0.2, 0) is 0 Å². The third-order valence-electron chi connectivity index (χ3n) is 9.59. The second kappa shape index (κ2) is 9.69. The predicted molar refractivity (Wildman–Crippen MR) is 192 cm³/mol. The Kier molecular flexibility index (Phi) is 5.31. The molecule has 1 aliphatic rings. The molecule has 2 heteroatoms. The molecule has 0 N–H and O–H groups in total. The van der Waals surface area contributed by atoms with Crippen LogP contribution < -0.4 is 4.74 Å². The minimum absolute atomic E-state index is 0.904. The Labute approximate surface area is 266 Å². The van der Waals surface area contributed by atoms with Gasteiger partial charge in [-0.3, -0.25) is 0 Å².